The number of aliphatic hydroxyl groups excluding tert-OH is 20. The van der Waals surface area contributed by atoms with Gasteiger partial charge in [-0.1, -0.05) is 0 Å². The average Bonchev–Trinajstić information content (AvgIpc) is 1.76. The predicted molar refractivity (Wildman–Crippen MR) is 337 cm³/mol. The molecule has 22 aliphatic heterocycles. The van der Waals surface area contributed by atoms with Crippen molar-refractivity contribution in [2.75, 3.05) is 77.1 Å². The number of amides is 1. The number of rotatable bonds is 19. The van der Waals surface area contributed by atoms with E-state index in [2.05, 4.69) is 15.6 Å². The molecule has 24 N–H and O–H groups in total. The molecule has 23 heterocycles. The normalized spacial score (nSPS) is 45.9. The van der Waals surface area contributed by atoms with Crippen molar-refractivity contribution in [1.82, 2.24) is 20.2 Å². The molecule has 0 radical (unpaired) electrons. The molecule has 1 aromatic rings. The number of carbonyl (C=O) groups excluding carboxylic acids is 3. The van der Waals surface area contributed by atoms with E-state index in [9.17, 15) is 130 Å². The highest BCUT2D eigenvalue weighted by atomic mass is 32.2. The molecule has 109 heavy (non-hydrogen) atoms. The van der Waals surface area contributed by atoms with Crippen molar-refractivity contribution in [3.05, 3.63) is 22.7 Å². The molecular weight excluding hydrogens is 1520 g/mol. The second kappa shape index (κ2) is 37.6. The van der Waals surface area contributed by atoms with Gasteiger partial charge in [-0.25, -0.2) is 9.59 Å². The van der Waals surface area contributed by atoms with Gasteiger partial charge < -0.3 is 199 Å². The first-order valence-corrected chi connectivity index (χ1v) is 35.5. The van der Waals surface area contributed by atoms with Crippen molar-refractivity contribution in [2.24, 2.45) is 0 Å². The van der Waals surface area contributed by atoms with Crippen molar-refractivity contribution in [1.29, 1.82) is 0 Å². The lowest BCUT2D eigenvalue weighted by Gasteiger charge is -2.50. The number of nitrogens with zero attached hydrogens (tertiary/aromatic N) is 2. The van der Waals surface area contributed by atoms with Crippen LogP contribution in [0.1, 0.15) is 19.6 Å². The summed E-state index contributed by atoms with van der Waals surface area (Å²) in [4.78, 5) is 54.2. The van der Waals surface area contributed by atoms with E-state index < -0.39 is 334 Å². The molecule has 22 saturated heterocycles. The Bertz CT molecular complexity index is 3170. The molecule has 14 unspecified atom stereocenters. The fourth-order valence-corrected chi connectivity index (χ4v) is 14.7. The van der Waals surface area contributed by atoms with Gasteiger partial charge >= 0.3 is 23.6 Å². The highest BCUT2D eigenvalue weighted by Crippen LogP contribution is 2.44. The van der Waals surface area contributed by atoms with Crippen LogP contribution < -0.4 is 22.1 Å². The van der Waals surface area contributed by atoms with Crippen molar-refractivity contribution >= 4 is 35.4 Å². The summed E-state index contributed by atoms with van der Waals surface area (Å²) in [5, 5.41) is 230. The molecule has 0 aliphatic carbocycles. The van der Waals surface area contributed by atoms with Gasteiger partial charge in [-0.05, 0) is 20.0 Å². The lowest BCUT2D eigenvalue weighted by Crippen LogP contribution is -2.68. The molecule has 22 fully saturated rings. The highest BCUT2D eigenvalue weighted by Gasteiger charge is 2.62. The molecule has 0 aromatic carbocycles. The number of aliphatic hydroxyl groups is 20. The van der Waals surface area contributed by atoms with E-state index in [0.29, 0.717) is 4.57 Å². The Balaban J connectivity index is 0.836. The van der Waals surface area contributed by atoms with Gasteiger partial charge in [-0.2, -0.15) is 25.5 Å². The predicted octanol–water partition coefficient (Wildman–Crippen LogP) is -15.5. The smallest absolute Gasteiger partial charge is 0.351 e. The number of aromatic nitrogens is 2. The number of carbonyl (C=O) groups is 3. The fourth-order valence-electron chi connectivity index (χ4n) is 13.5. The fraction of sp³-hybridized carbons (Fsp3) is 0.883. The summed E-state index contributed by atoms with van der Waals surface area (Å²) in [6, 6.07) is -0.144. The van der Waals surface area contributed by atoms with Gasteiger partial charge in [0.2, 0.25) is 12.1 Å². The zero-order chi connectivity index (χ0) is 79.5. The first kappa shape index (κ1) is 87.2. The lowest BCUT2D eigenvalue weighted by molar-refractivity contribution is -0.395. The van der Waals surface area contributed by atoms with Crippen LogP contribution in [0.5, 0.6) is 0 Å². The van der Waals surface area contributed by atoms with Crippen LogP contribution in [0.2, 0.25) is 0 Å². The third-order valence-electron chi connectivity index (χ3n) is 19.7. The lowest BCUT2D eigenvalue weighted by atomic mass is 9.95. The molecule has 39 atom stereocenters. The minimum atomic E-state index is -4.08. The molecule has 46 nitrogen and oxygen atoms in total. The van der Waals surface area contributed by atoms with Crippen molar-refractivity contribution in [2.45, 2.75) is 259 Å². The first-order chi connectivity index (χ1) is 51.7. The summed E-state index contributed by atoms with van der Waals surface area (Å²) in [5.41, 5.74) is 4.19. The molecule has 23 rings (SSSR count). The van der Waals surface area contributed by atoms with E-state index in [-0.39, 0.29) is 11.6 Å². The van der Waals surface area contributed by atoms with Gasteiger partial charge in [-0.15, -0.1) is 0 Å². The van der Waals surface area contributed by atoms with Gasteiger partial charge in [-0.3, -0.25) is 14.2 Å². The number of likely N-dealkylation sites (N-methyl/N-ethyl adjacent to an activating group) is 1. The summed E-state index contributed by atoms with van der Waals surface area (Å²) in [6.07, 6.45) is -77.5. The summed E-state index contributed by atoms with van der Waals surface area (Å²) >= 11 is 0.855. The highest BCUT2D eigenvalue weighted by molar-refractivity contribution is 7.99. The third-order valence-corrected chi connectivity index (χ3v) is 20.8. The van der Waals surface area contributed by atoms with Crippen LogP contribution in [0, 0.1) is 0 Å². The zero-order valence-corrected chi connectivity index (χ0v) is 58.4. The van der Waals surface area contributed by atoms with Gasteiger partial charge in [0.05, 0.1) is 57.7 Å². The van der Waals surface area contributed by atoms with Crippen LogP contribution >= 0.6 is 11.8 Å². The second-order valence-corrected chi connectivity index (χ2v) is 28.0. The largest absolute Gasteiger partial charge is 0.460 e. The molecule has 22 aliphatic rings. The third kappa shape index (κ3) is 18.9. The maximum atomic E-state index is 15.0. The Morgan fingerprint density at radius 1 is 0.505 bits per heavy atom. The molecule has 1 aromatic heterocycles. The maximum Gasteiger partial charge on any atom is 0.351 e. The minimum Gasteiger partial charge on any atom is -0.460 e. The van der Waals surface area contributed by atoms with Crippen LogP contribution in [0.4, 0.5) is 14.6 Å². The molecule has 14 bridgehead atoms. The number of nitrogens with one attached hydrogen (secondary N) is 2. The summed E-state index contributed by atoms with van der Waals surface area (Å²) < 4.78 is 127. The van der Waals surface area contributed by atoms with Gasteiger partial charge in [0.25, 0.3) is 0 Å². The topological polar surface area (TPSA) is 698 Å². The van der Waals surface area contributed by atoms with Gasteiger partial charge in [0.1, 0.15) is 177 Å². The Kier molecular flexibility index (Phi) is 30.1. The number of alkyl halides is 2. The van der Waals surface area contributed by atoms with E-state index in [1.165, 1.54) is 14.0 Å². The van der Waals surface area contributed by atoms with Crippen LogP contribution in [-0.4, -0.2) is 440 Å². The van der Waals surface area contributed by atoms with E-state index >= 15 is 0 Å². The van der Waals surface area contributed by atoms with Crippen LogP contribution in [0.15, 0.2) is 17.1 Å². The quantitative estimate of drug-likeness (QED) is 0.0572. The van der Waals surface area contributed by atoms with Crippen LogP contribution in [0.25, 0.3) is 0 Å². The Morgan fingerprint density at radius 3 is 1.22 bits per heavy atom. The number of thioether (sulfide) groups is 1. The Labute approximate surface area is 618 Å². The number of hydrogen-bond donors (Lipinski definition) is 23. The summed E-state index contributed by atoms with van der Waals surface area (Å²) in [6.45, 7) is -6.66. The van der Waals surface area contributed by atoms with Crippen molar-refractivity contribution in [3.63, 3.8) is 0 Å². The monoisotopic (exact) mass is 1610 g/mol. The molecule has 49 heteroatoms. The standard InChI is InChI=1S/C60H93F2N5O41S/c1-16-42-28(75)35(82)51(94-16)103-43-18(7-68)96-53(37(84)30(43)77)106-46-21(10-71)99-56(40(87)33(46)80)108-48-24(15-109-14-17(64-2)50(90)65-5-3-26(73)93-13-27(74)92-12-23-49(89)60(61,62)58(101-23)67-6-4-25(63)66-59(67)91)100-57(41(88)34(48)81)107-47-22(11-72)98-55(39(86)32(47)79)105-45-20(9-70)97-54(38(85)31(45)78)104-44-19(8-69)95-52(102-42)36(83)29(44)76/h4,6,16-24,28-49,51-58,64,68-72,75-89H,3,5,7-15H2,1-2H3,(H,65,90)(H2,63,66,91)/t16?,17-,18?,19?,20?,21?,22?,23-,24?,28-,29-,30-,31-,32-,33-,34-,35?,36?,37?,38?,39?,40?,41?,42+,43-,44-,45-,46-,47-,48-,49-,51-,52+,53+,54-,55-,56+,57+,58-/m1/s1. The Hall–Kier alpha value is -4.14. The summed E-state index contributed by atoms with van der Waals surface area (Å²) in [7, 11) is 1.35. The number of nitrogen functional groups attached to an aromatic ring is 1. The number of nitrogens with two attached hydrogens (primary N) is 1. The van der Waals surface area contributed by atoms with Crippen LogP contribution in [-0.2, 0) is 94.9 Å². The maximum absolute atomic E-state index is 15.0. The van der Waals surface area contributed by atoms with Crippen molar-refractivity contribution in [3.8, 4) is 0 Å². The van der Waals surface area contributed by atoms with E-state index in [0.717, 1.165) is 24.0 Å². The number of halogens is 2. The van der Waals surface area contributed by atoms with E-state index in [4.69, 9.17) is 86.3 Å². The minimum absolute atomic E-state index is 0.241. The van der Waals surface area contributed by atoms with Crippen LogP contribution in [0.3, 0.4) is 0 Å². The first-order valence-electron chi connectivity index (χ1n) is 34.4. The Morgan fingerprint density at radius 2 is 0.853 bits per heavy atom. The molecular formula is C60H93F2N5O41S. The zero-order valence-electron chi connectivity index (χ0n) is 57.6. The van der Waals surface area contributed by atoms with Gasteiger partial charge in [0.15, 0.2) is 56.7 Å². The number of hydrogen-bond acceptors (Lipinski definition) is 45. The van der Waals surface area contributed by atoms with E-state index in [1.54, 1.807) is 0 Å². The van der Waals surface area contributed by atoms with E-state index in [1.807, 2.05) is 0 Å². The molecule has 624 valence electrons. The second-order valence-electron chi connectivity index (χ2n) is 26.9. The molecule has 1 amide bonds. The summed E-state index contributed by atoms with van der Waals surface area (Å²) in [5.74, 6) is -8.17. The number of anilines is 1. The average molecular weight is 1610 g/mol. The number of ether oxygens (including phenoxy) is 17. The molecule has 0 spiro atoms. The van der Waals surface area contributed by atoms with Gasteiger partial charge in [0, 0.05) is 24.2 Å². The number of esters is 2. The molecule has 0 saturated carbocycles. The van der Waals surface area contributed by atoms with Crippen molar-refractivity contribution < 1.29 is 206 Å². The SMILES string of the molecule is CN[C@H](CSCC1O[C@H]2O[C@@H]3C(CO)O[C@H](O[C@@H]4C(CO)O[C@H](O[C@@H]5C(CO)O[C@@H](O[C@H]6C(C)O[C@H](O[C@@H]7C(CO)O[C@@H](O[C@@H]8C(CO)O[C@@H](O[C@H]1[C@H](O)C2O)C(O)[C@H]8O)C(O)[C@H]7O)C(O)[C@H]6O)C(O)[C@H]5O)C(O)[C@H]4O)C(O)[C@H]3O)C(=O)NCCC(=O)OCC(=O)OC[C@H]1O[C@@H](n2ccc(N)nc2=O)C(F)(F)[C@@H]1O.